The number of anilines is 2. The fourth-order valence-electron chi connectivity index (χ4n) is 3.64. The summed E-state index contributed by atoms with van der Waals surface area (Å²) in [5.74, 6) is -0.474. The summed E-state index contributed by atoms with van der Waals surface area (Å²) in [6.07, 6.45) is -4.47. The first kappa shape index (κ1) is 24.8. The van der Waals surface area contributed by atoms with Crippen LogP contribution in [0.25, 0.3) is 21.0 Å². The third kappa shape index (κ3) is 5.92. The Kier molecular flexibility index (Phi) is 6.86. The Balaban J connectivity index is 1.20. The zero-order valence-electron chi connectivity index (χ0n) is 19.0. The van der Waals surface area contributed by atoms with Gasteiger partial charge >= 0.3 is 6.18 Å². The van der Waals surface area contributed by atoms with Crippen molar-refractivity contribution < 1.29 is 22.8 Å². The third-order valence-corrected chi connectivity index (χ3v) is 7.39. The zero-order valence-corrected chi connectivity index (χ0v) is 20.6. The van der Waals surface area contributed by atoms with Crippen LogP contribution in [0.4, 0.5) is 24.0 Å². The number of aromatic nitrogens is 1. The number of benzene rings is 4. The Labute approximate surface area is 217 Å². The lowest BCUT2D eigenvalue weighted by Gasteiger charge is -2.07. The van der Waals surface area contributed by atoms with Crippen LogP contribution in [0.2, 0.25) is 0 Å². The fraction of sp³-hybridized carbons (Fsp3) is 0.0741. The third-order valence-electron chi connectivity index (χ3n) is 5.46. The molecule has 0 radical (unpaired) electrons. The summed E-state index contributed by atoms with van der Waals surface area (Å²) in [4.78, 5) is 30.3. The van der Waals surface area contributed by atoms with Gasteiger partial charge in [-0.05, 0) is 65.4 Å². The van der Waals surface area contributed by atoms with Crippen molar-refractivity contribution >= 4 is 66.7 Å². The number of halogens is 3. The average molecular weight is 538 g/mol. The van der Waals surface area contributed by atoms with Gasteiger partial charge in [-0.3, -0.25) is 14.9 Å². The fourth-order valence-corrected chi connectivity index (χ4v) is 5.28. The van der Waals surface area contributed by atoms with Gasteiger partial charge in [0.05, 0.1) is 21.5 Å². The number of alkyl halides is 3. The predicted molar refractivity (Wildman–Crippen MR) is 142 cm³/mol. The van der Waals surface area contributed by atoms with Gasteiger partial charge in [0, 0.05) is 16.1 Å². The van der Waals surface area contributed by atoms with Crippen molar-refractivity contribution in [1.82, 2.24) is 4.98 Å². The van der Waals surface area contributed by atoms with E-state index in [2.05, 4.69) is 21.7 Å². The molecule has 0 unspecified atom stereocenters. The van der Waals surface area contributed by atoms with E-state index >= 15 is 0 Å². The van der Waals surface area contributed by atoms with Crippen LogP contribution in [0.3, 0.4) is 0 Å². The number of fused-ring (bicyclic) bond motifs is 2. The number of hydrogen-bond donors (Lipinski definition) is 2. The van der Waals surface area contributed by atoms with Crippen molar-refractivity contribution in [3.05, 3.63) is 96.1 Å². The van der Waals surface area contributed by atoms with Crippen molar-refractivity contribution in [1.29, 1.82) is 0 Å². The lowest BCUT2D eigenvalue weighted by Crippen LogP contribution is -2.13. The smallest absolute Gasteiger partial charge is 0.325 e. The maximum Gasteiger partial charge on any atom is 0.416 e. The molecule has 5 aromatic rings. The number of nitrogens with zero attached hydrogens (tertiary/aromatic N) is 1. The quantitative estimate of drug-likeness (QED) is 0.221. The minimum Gasteiger partial charge on any atom is -0.325 e. The minimum atomic E-state index is -4.47. The Hall–Kier alpha value is -3.89. The molecule has 5 nitrogen and oxygen atoms in total. The van der Waals surface area contributed by atoms with Crippen molar-refractivity contribution in [2.75, 3.05) is 16.4 Å². The molecular weight excluding hydrogens is 519 g/mol. The van der Waals surface area contributed by atoms with Crippen LogP contribution < -0.4 is 10.6 Å². The Morgan fingerprint density at radius 1 is 0.865 bits per heavy atom. The van der Waals surface area contributed by atoms with E-state index in [1.54, 1.807) is 18.2 Å². The van der Waals surface area contributed by atoms with Gasteiger partial charge < -0.3 is 5.32 Å². The van der Waals surface area contributed by atoms with Crippen LogP contribution >= 0.6 is 23.1 Å². The molecule has 0 saturated carbocycles. The number of hydrogen-bond acceptors (Lipinski definition) is 5. The molecule has 0 saturated heterocycles. The molecule has 0 aliphatic heterocycles. The molecule has 0 bridgehead atoms. The Morgan fingerprint density at radius 2 is 1.62 bits per heavy atom. The zero-order chi connectivity index (χ0) is 26.0. The highest BCUT2D eigenvalue weighted by molar-refractivity contribution is 8.00. The molecule has 186 valence electrons. The topological polar surface area (TPSA) is 71.1 Å². The first-order valence-electron chi connectivity index (χ1n) is 11.1. The highest BCUT2D eigenvalue weighted by Gasteiger charge is 2.30. The van der Waals surface area contributed by atoms with E-state index in [0.29, 0.717) is 16.3 Å². The number of thioether (sulfide) groups is 1. The molecule has 0 atom stereocenters. The van der Waals surface area contributed by atoms with E-state index in [4.69, 9.17) is 0 Å². The van der Waals surface area contributed by atoms with Crippen LogP contribution in [0.5, 0.6) is 0 Å². The second-order valence-corrected chi connectivity index (χ2v) is 10.2. The van der Waals surface area contributed by atoms with Crippen LogP contribution in [-0.2, 0) is 11.0 Å². The first-order valence-corrected chi connectivity index (χ1v) is 12.9. The van der Waals surface area contributed by atoms with Gasteiger partial charge in [0.1, 0.15) is 0 Å². The largest absolute Gasteiger partial charge is 0.416 e. The summed E-state index contributed by atoms with van der Waals surface area (Å²) < 4.78 is 38.9. The number of nitrogens with one attached hydrogen (secondary N) is 2. The lowest BCUT2D eigenvalue weighted by atomic mass is 10.1. The minimum absolute atomic E-state index is 0.0872. The molecule has 2 amide bonds. The first-order chi connectivity index (χ1) is 17.7. The Bertz CT molecular complexity index is 1620. The molecule has 0 aliphatic carbocycles. The van der Waals surface area contributed by atoms with Gasteiger partial charge in [-0.1, -0.05) is 41.7 Å². The van der Waals surface area contributed by atoms with Crippen molar-refractivity contribution in [3.63, 3.8) is 0 Å². The van der Waals surface area contributed by atoms with Crippen molar-refractivity contribution in [2.45, 2.75) is 11.1 Å². The Morgan fingerprint density at radius 3 is 2.38 bits per heavy atom. The van der Waals surface area contributed by atoms with Crippen LogP contribution in [0, 0.1) is 0 Å². The molecule has 37 heavy (non-hydrogen) atoms. The molecule has 1 aromatic heterocycles. The SMILES string of the molecule is O=C(CSc1ccc2ccccc2c1)Nc1ccc2nc(NC(=O)c3ccc(C(F)(F)F)cc3)sc2c1. The monoisotopic (exact) mass is 537 g/mol. The highest BCUT2D eigenvalue weighted by Crippen LogP contribution is 2.31. The summed E-state index contributed by atoms with van der Waals surface area (Å²) >= 11 is 2.65. The van der Waals surface area contributed by atoms with Gasteiger partial charge in [0.25, 0.3) is 5.91 Å². The summed E-state index contributed by atoms with van der Waals surface area (Å²) in [6.45, 7) is 0. The number of amides is 2. The normalized spacial score (nSPS) is 11.5. The molecule has 5 rings (SSSR count). The second-order valence-electron chi connectivity index (χ2n) is 8.08. The second kappa shape index (κ2) is 10.2. The van der Waals surface area contributed by atoms with Crippen molar-refractivity contribution in [2.24, 2.45) is 0 Å². The lowest BCUT2D eigenvalue weighted by molar-refractivity contribution is -0.137. The number of carbonyl (C=O) groups is 2. The van der Waals surface area contributed by atoms with E-state index < -0.39 is 17.6 Å². The maximum absolute atomic E-state index is 12.7. The average Bonchev–Trinajstić information content (AvgIpc) is 3.28. The van der Waals surface area contributed by atoms with Gasteiger partial charge in [0.2, 0.25) is 5.91 Å². The summed E-state index contributed by atoms with van der Waals surface area (Å²) in [7, 11) is 0. The molecule has 0 aliphatic rings. The van der Waals surface area contributed by atoms with Crippen LogP contribution in [-0.4, -0.2) is 22.6 Å². The predicted octanol–water partition coefficient (Wildman–Crippen LogP) is 7.45. The molecular formula is C27H18F3N3O2S2. The maximum atomic E-state index is 12.7. The molecule has 4 aromatic carbocycles. The molecule has 0 spiro atoms. The van der Waals surface area contributed by atoms with E-state index in [9.17, 15) is 22.8 Å². The number of carbonyl (C=O) groups excluding carboxylic acids is 2. The summed E-state index contributed by atoms with van der Waals surface area (Å²) in [5.41, 5.74) is 0.482. The highest BCUT2D eigenvalue weighted by atomic mass is 32.2. The molecule has 1 heterocycles. The molecule has 0 fully saturated rings. The molecule has 2 N–H and O–H groups in total. The summed E-state index contributed by atoms with van der Waals surface area (Å²) in [6, 6.07) is 23.3. The van der Waals surface area contributed by atoms with E-state index in [1.807, 2.05) is 36.4 Å². The van der Waals surface area contributed by atoms with Gasteiger partial charge in [-0.2, -0.15) is 13.2 Å². The van der Waals surface area contributed by atoms with Crippen LogP contribution in [0.1, 0.15) is 15.9 Å². The number of rotatable bonds is 6. The van der Waals surface area contributed by atoms with Gasteiger partial charge in [0.15, 0.2) is 5.13 Å². The van der Waals surface area contributed by atoms with Crippen LogP contribution in [0.15, 0.2) is 89.8 Å². The van der Waals surface area contributed by atoms with E-state index in [0.717, 1.165) is 44.6 Å². The number of thiazole rings is 1. The van der Waals surface area contributed by atoms with Gasteiger partial charge in [-0.25, -0.2) is 4.98 Å². The van der Waals surface area contributed by atoms with E-state index in [1.165, 1.54) is 23.1 Å². The van der Waals surface area contributed by atoms with E-state index in [-0.39, 0.29) is 17.2 Å². The van der Waals surface area contributed by atoms with Gasteiger partial charge in [-0.15, -0.1) is 11.8 Å². The standard InChI is InChI=1S/C27H18F3N3O2S2/c28-27(29,30)19-8-5-17(6-9-19)25(35)33-26-32-22-12-10-20(14-23(22)37-26)31-24(34)15-36-21-11-7-16-3-1-2-4-18(16)13-21/h1-14H,15H2,(H,31,34)(H,32,33,35). The summed E-state index contributed by atoms with van der Waals surface area (Å²) in [5, 5.41) is 8.05. The molecule has 10 heteroatoms. The van der Waals surface area contributed by atoms with Crippen molar-refractivity contribution in [3.8, 4) is 0 Å².